The highest BCUT2D eigenvalue weighted by Gasteiger charge is 2.13. The average molecular weight is 257 g/mol. The summed E-state index contributed by atoms with van der Waals surface area (Å²) in [5.41, 5.74) is 5.48. The molecule has 1 amide bonds. The van der Waals surface area contributed by atoms with Gasteiger partial charge in [-0.15, -0.1) is 0 Å². The summed E-state index contributed by atoms with van der Waals surface area (Å²) in [5, 5.41) is 3.52. The Morgan fingerprint density at radius 1 is 1.53 bits per heavy atom. The summed E-state index contributed by atoms with van der Waals surface area (Å²) < 4.78 is 5.48. The van der Waals surface area contributed by atoms with Gasteiger partial charge in [0.1, 0.15) is 12.4 Å². The van der Waals surface area contributed by atoms with Crippen LogP contribution in [0.1, 0.15) is 24.2 Å². The van der Waals surface area contributed by atoms with Crippen molar-refractivity contribution in [2.75, 3.05) is 13.2 Å². The molecule has 0 aliphatic carbocycles. The third-order valence-corrected chi connectivity index (χ3v) is 2.45. The van der Waals surface area contributed by atoms with E-state index in [9.17, 15) is 4.79 Å². The molecule has 0 saturated heterocycles. The Labute approximate surface area is 106 Å². The van der Waals surface area contributed by atoms with Gasteiger partial charge in [-0.25, -0.2) is 0 Å². The fraction of sp³-hybridized carbons (Fsp3) is 0.417. The van der Waals surface area contributed by atoms with E-state index in [2.05, 4.69) is 5.32 Å². The molecule has 0 aliphatic rings. The van der Waals surface area contributed by atoms with Crippen molar-refractivity contribution in [3.63, 3.8) is 0 Å². The van der Waals surface area contributed by atoms with Crippen molar-refractivity contribution in [2.45, 2.75) is 19.9 Å². The Kier molecular flexibility index (Phi) is 5.25. The van der Waals surface area contributed by atoms with Crippen LogP contribution in [0.5, 0.6) is 5.75 Å². The number of carbonyl (C=O) groups is 1. The number of amides is 1. The Hall–Kier alpha value is -1.26. The maximum absolute atomic E-state index is 11.2. The van der Waals surface area contributed by atoms with Gasteiger partial charge in [-0.3, -0.25) is 4.79 Å². The number of hydrogen-bond acceptors (Lipinski definition) is 3. The zero-order valence-electron chi connectivity index (χ0n) is 10.00. The number of carbonyl (C=O) groups excluding carboxylic acids is 1. The minimum Gasteiger partial charge on any atom is -0.491 e. The number of benzene rings is 1. The van der Waals surface area contributed by atoms with Crippen LogP contribution in [0.3, 0.4) is 0 Å². The van der Waals surface area contributed by atoms with Crippen molar-refractivity contribution in [1.82, 2.24) is 5.32 Å². The molecule has 3 N–H and O–H groups in total. The van der Waals surface area contributed by atoms with E-state index in [0.717, 1.165) is 0 Å². The van der Waals surface area contributed by atoms with Gasteiger partial charge in [-0.05, 0) is 12.1 Å². The van der Waals surface area contributed by atoms with Crippen LogP contribution in [-0.4, -0.2) is 25.1 Å². The molecule has 1 rings (SSSR count). The Balaban J connectivity index is 2.64. The predicted octanol–water partition coefficient (Wildman–Crippen LogP) is 1.82. The highest BCUT2D eigenvalue weighted by atomic mass is 35.5. The number of hydrogen-bond donors (Lipinski definition) is 2. The van der Waals surface area contributed by atoms with Gasteiger partial charge in [-0.2, -0.15) is 0 Å². The second kappa shape index (κ2) is 6.47. The van der Waals surface area contributed by atoms with E-state index in [1.807, 2.05) is 13.8 Å². The first-order chi connectivity index (χ1) is 8.02. The quantitative estimate of drug-likeness (QED) is 0.763. The number of nitrogens with two attached hydrogens (primary N) is 1. The second-order valence-electron chi connectivity index (χ2n) is 3.93. The van der Waals surface area contributed by atoms with Crippen molar-refractivity contribution in [3.8, 4) is 5.75 Å². The number of rotatable bonds is 6. The molecule has 0 unspecified atom stereocenters. The maximum atomic E-state index is 11.2. The highest BCUT2D eigenvalue weighted by molar-refractivity contribution is 6.34. The lowest BCUT2D eigenvalue weighted by atomic mass is 10.2. The second-order valence-corrected chi connectivity index (χ2v) is 4.34. The molecule has 5 heteroatoms. The summed E-state index contributed by atoms with van der Waals surface area (Å²) in [5.74, 6) is -0.155. The maximum Gasteiger partial charge on any atom is 0.253 e. The van der Waals surface area contributed by atoms with Gasteiger partial charge >= 0.3 is 0 Å². The summed E-state index contributed by atoms with van der Waals surface area (Å²) in [6, 6.07) is 5.41. The average Bonchev–Trinajstić information content (AvgIpc) is 2.23. The molecule has 1 aromatic rings. The predicted molar refractivity (Wildman–Crippen MR) is 68.6 cm³/mol. The van der Waals surface area contributed by atoms with E-state index in [0.29, 0.717) is 30.0 Å². The molecule has 4 nitrogen and oxygen atoms in total. The van der Waals surface area contributed by atoms with Crippen LogP contribution in [0.4, 0.5) is 0 Å². The lowest BCUT2D eigenvalue weighted by molar-refractivity contribution is 0.0996. The van der Waals surface area contributed by atoms with Gasteiger partial charge in [0.2, 0.25) is 0 Å². The molecule has 0 fully saturated rings. The molecule has 0 aromatic heterocycles. The number of halogens is 1. The summed E-state index contributed by atoms with van der Waals surface area (Å²) >= 11 is 5.89. The van der Waals surface area contributed by atoms with E-state index in [1.165, 1.54) is 0 Å². The van der Waals surface area contributed by atoms with Crippen LogP contribution >= 0.6 is 11.6 Å². The molecule has 0 radical (unpaired) electrons. The Bertz CT molecular complexity index is 394. The lowest BCUT2D eigenvalue weighted by Gasteiger charge is -2.12. The third kappa shape index (κ3) is 4.24. The van der Waals surface area contributed by atoms with Crippen LogP contribution in [0.15, 0.2) is 18.2 Å². The van der Waals surface area contributed by atoms with Crippen LogP contribution in [0.2, 0.25) is 5.02 Å². The highest BCUT2D eigenvalue weighted by Crippen LogP contribution is 2.25. The molecule has 0 saturated carbocycles. The van der Waals surface area contributed by atoms with Crippen molar-refractivity contribution in [1.29, 1.82) is 0 Å². The van der Waals surface area contributed by atoms with Crippen LogP contribution in [0, 0.1) is 0 Å². The van der Waals surface area contributed by atoms with Gasteiger partial charge in [0.25, 0.3) is 5.91 Å². The number of ether oxygens (including phenoxy) is 1. The minimum absolute atomic E-state index is 0.235. The van der Waals surface area contributed by atoms with E-state index in [1.54, 1.807) is 18.2 Å². The monoisotopic (exact) mass is 256 g/mol. The molecule has 0 atom stereocenters. The summed E-state index contributed by atoms with van der Waals surface area (Å²) in [6.45, 7) is 5.25. The molecule has 17 heavy (non-hydrogen) atoms. The molecule has 0 heterocycles. The normalized spacial score (nSPS) is 10.6. The summed E-state index contributed by atoms with van der Waals surface area (Å²) in [7, 11) is 0. The lowest BCUT2D eigenvalue weighted by Crippen LogP contribution is -2.28. The zero-order valence-corrected chi connectivity index (χ0v) is 10.8. The molecule has 0 aliphatic heterocycles. The van der Waals surface area contributed by atoms with Gasteiger partial charge in [-0.1, -0.05) is 31.5 Å². The topological polar surface area (TPSA) is 64.3 Å². The first kappa shape index (κ1) is 13.8. The SMILES string of the molecule is CC(C)NCCOc1cccc(Cl)c1C(N)=O. The molecule has 0 spiro atoms. The Morgan fingerprint density at radius 2 is 2.24 bits per heavy atom. The Morgan fingerprint density at radius 3 is 2.82 bits per heavy atom. The van der Waals surface area contributed by atoms with Crippen LogP contribution in [-0.2, 0) is 0 Å². The van der Waals surface area contributed by atoms with Gasteiger partial charge in [0.15, 0.2) is 0 Å². The smallest absolute Gasteiger partial charge is 0.253 e. The molecular weight excluding hydrogens is 240 g/mol. The largest absolute Gasteiger partial charge is 0.491 e. The van der Waals surface area contributed by atoms with Crippen LogP contribution < -0.4 is 15.8 Å². The fourth-order valence-corrected chi connectivity index (χ4v) is 1.63. The fourth-order valence-electron chi connectivity index (χ4n) is 1.37. The standard InChI is InChI=1S/C12H17ClN2O2/c1-8(2)15-6-7-17-10-5-3-4-9(13)11(10)12(14)16/h3-5,8,15H,6-7H2,1-2H3,(H2,14,16). The first-order valence-electron chi connectivity index (χ1n) is 5.47. The van der Waals surface area contributed by atoms with E-state index < -0.39 is 5.91 Å². The minimum atomic E-state index is -0.581. The van der Waals surface area contributed by atoms with Crippen molar-refractivity contribution in [2.24, 2.45) is 5.73 Å². The number of nitrogens with one attached hydrogen (secondary N) is 1. The van der Waals surface area contributed by atoms with Crippen LogP contribution in [0.25, 0.3) is 0 Å². The summed E-state index contributed by atoms with van der Waals surface area (Å²) in [6.07, 6.45) is 0. The number of primary amides is 1. The first-order valence-corrected chi connectivity index (χ1v) is 5.84. The molecule has 94 valence electrons. The molecule has 0 bridgehead atoms. The molecular formula is C12H17ClN2O2. The van der Waals surface area contributed by atoms with Crippen molar-refractivity contribution < 1.29 is 9.53 Å². The van der Waals surface area contributed by atoms with Gasteiger partial charge in [0, 0.05) is 12.6 Å². The van der Waals surface area contributed by atoms with Crippen molar-refractivity contribution >= 4 is 17.5 Å². The third-order valence-electron chi connectivity index (χ3n) is 2.13. The van der Waals surface area contributed by atoms with E-state index in [-0.39, 0.29) is 5.56 Å². The summed E-state index contributed by atoms with van der Waals surface area (Å²) in [4.78, 5) is 11.2. The van der Waals surface area contributed by atoms with E-state index >= 15 is 0 Å². The van der Waals surface area contributed by atoms with Crippen molar-refractivity contribution in [3.05, 3.63) is 28.8 Å². The van der Waals surface area contributed by atoms with E-state index in [4.69, 9.17) is 22.1 Å². The molecule has 1 aromatic carbocycles. The van der Waals surface area contributed by atoms with Gasteiger partial charge in [0.05, 0.1) is 10.6 Å². The zero-order chi connectivity index (χ0) is 12.8. The van der Waals surface area contributed by atoms with Gasteiger partial charge < -0.3 is 15.8 Å².